The van der Waals surface area contributed by atoms with Crippen molar-refractivity contribution in [2.24, 2.45) is 11.8 Å². The third-order valence-corrected chi connectivity index (χ3v) is 5.04. The predicted molar refractivity (Wildman–Crippen MR) is 71.9 cm³/mol. The van der Waals surface area contributed by atoms with Gasteiger partial charge in [-0.25, -0.2) is 0 Å². The second kappa shape index (κ2) is 5.83. The van der Waals surface area contributed by atoms with Crippen LogP contribution in [0.1, 0.15) is 49.9 Å². The zero-order valence-corrected chi connectivity index (χ0v) is 11.2. The molecular weight excluding hydrogens is 214 g/mol. The van der Waals surface area contributed by atoms with Crippen molar-refractivity contribution in [3.63, 3.8) is 0 Å². The van der Waals surface area contributed by atoms with Crippen molar-refractivity contribution in [2.45, 2.75) is 45.1 Å². The first-order valence-electron chi connectivity index (χ1n) is 6.57. The fourth-order valence-electron chi connectivity index (χ4n) is 3.22. The maximum absolute atomic E-state index is 3.55. The largest absolute Gasteiger partial charge is 0.312 e. The second-order valence-electron chi connectivity index (χ2n) is 4.90. The molecule has 0 spiro atoms. The number of hydrogen-bond acceptors (Lipinski definition) is 2. The van der Waals surface area contributed by atoms with Crippen molar-refractivity contribution < 1.29 is 0 Å². The average molecular weight is 237 g/mol. The Morgan fingerprint density at radius 2 is 2.25 bits per heavy atom. The fraction of sp³-hybridized carbons (Fsp3) is 0.714. The van der Waals surface area contributed by atoms with Crippen molar-refractivity contribution in [1.29, 1.82) is 0 Å². The molecule has 1 heterocycles. The molecule has 3 atom stereocenters. The molecule has 2 heteroatoms. The van der Waals surface area contributed by atoms with E-state index in [0.717, 1.165) is 11.8 Å². The second-order valence-corrected chi connectivity index (χ2v) is 5.88. The predicted octanol–water partition coefficient (Wildman–Crippen LogP) is 4.23. The van der Waals surface area contributed by atoms with E-state index in [0.29, 0.717) is 6.04 Å². The van der Waals surface area contributed by atoms with Gasteiger partial charge in [0.05, 0.1) is 0 Å². The van der Waals surface area contributed by atoms with Crippen molar-refractivity contribution in [1.82, 2.24) is 5.32 Å². The van der Waals surface area contributed by atoms with Crippen molar-refractivity contribution in [2.75, 3.05) is 7.05 Å². The zero-order valence-electron chi connectivity index (χ0n) is 10.4. The highest BCUT2D eigenvalue weighted by molar-refractivity contribution is 7.10. The van der Waals surface area contributed by atoms with Gasteiger partial charge in [0.2, 0.25) is 0 Å². The molecule has 1 aliphatic carbocycles. The van der Waals surface area contributed by atoms with Gasteiger partial charge in [-0.1, -0.05) is 38.7 Å². The molecule has 0 radical (unpaired) electrons. The van der Waals surface area contributed by atoms with Gasteiger partial charge in [-0.3, -0.25) is 0 Å². The Bertz CT molecular complexity index is 294. The Hall–Kier alpha value is -0.340. The molecule has 0 aromatic carbocycles. The van der Waals surface area contributed by atoms with Crippen molar-refractivity contribution >= 4 is 11.3 Å². The fourth-order valence-corrected chi connectivity index (χ4v) is 4.13. The average Bonchev–Trinajstić information content (AvgIpc) is 2.84. The van der Waals surface area contributed by atoms with Crippen molar-refractivity contribution in [3.8, 4) is 0 Å². The van der Waals surface area contributed by atoms with Gasteiger partial charge in [-0.15, -0.1) is 11.3 Å². The summed E-state index contributed by atoms with van der Waals surface area (Å²) < 4.78 is 0. The SMILES string of the molecule is CCC1CCCCC1C(NC)c1cccs1. The van der Waals surface area contributed by atoms with Crippen LogP contribution >= 0.6 is 11.3 Å². The molecule has 1 aliphatic rings. The highest BCUT2D eigenvalue weighted by atomic mass is 32.1. The lowest BCUT2D eigenvalue weighted by molar-refractivity contribution is 0.182. The summed E-state index contributed by atoms with van der Waals surface area (Å²) >= 11 is 1.90. The number of rotatable bonds is 4. The minimum absolute atomic E-state index is 0.588. The minimum atomic E-state index is 0.588. The third kappa shape index (κ3) is 2.49. The zero-order chi connectivity index (χ0) is 11.4. The van der Waals surface area contributed by atoms with Crippen LogP contribution in [0.2, 0.25) is 0 Å². The molecule has 0 aliphatic heterocycles. The molecule has 90 valence electrons. The van der Waals surface area contributed by atoms with Gasteiger partial charge in [0.15, 0.2) is 0 Å². The van der Waals surface area contributed by atoms with Gasteiger partial charge in [-0.2, -0.15) is 0 Å². The van der Waals surface area contributed by atoms with Crippen LogP contribution in [0.3, 0.4) is 0 Å². The topological polar surface area (TPSA) is 12.0 Å². The summed E-state index contributed by atoms with van der Waals surface area (Å²) in [6, 6.07) is 5.05. The summed E-state index contributed by atoms with van der Waals surface area (Å²) in [6.07, 6.45) is 7.04. The number of hydrogen-bond donors (Lipinski definition) is 1. The number of nitrogens with one attached hydrogen (secondary N) is 1. The Morgan fingerprint density at radius 1 is 1.44 bits per heavy atom. The lowest BCUT2D eigenvalue weighted by Gasteiger charge is -2.36. The Labute approximate surface area is 103 Å². The summed E-state index contributed by atoms with van der Waals surface area (Å²) in [6.45, 7) is 2.35. The maximum atomic E-state index is 3.55. The molecule has 2 rings (SSSR count). The monoisotopic (exact) mass is 237 g/mol. The highest BCUT2D eigenvalue weighted by Crippen LogP contribution is 2.41. The van der Waals surface area contributed by atoms with Crippen LogP contribution in [0.4, 0.5) is 0 Å². The van der Waals surface area contributed by atoms with Gasteiger partial charge in [0.25, 0.3) is 0 Å². The first kappa shape index (κ1) is 12.1. The van der Waals surface area contributed by atoms with E-state index in [1.807, 2.05) is 11.3 Å². The molecule has 16 heavy (non-hydrogen) atoms. The third-order valence-electron chi connectivity index (χ3n) is 4.08. The summed E-state index contributed by atoms with van der Waals surface area (Å²) in [5.74, 6) is 1.77. The van der Waals surface area contributed by atoms with Gasteiger partial charge in [0.1, 0.15) is 0 Å². The van der Waals surface area contributed by atoms with Gasteiger partial charge >= 0.3 is 0 Å². The summed E-state index contributed by atoms with van der Waals surface area (Å²) in [5.41, 5.74) is 0. The van der Waals surface area contributed by atoms with Crippen LogP contribution in [-0.2, 0) is 0 Å². The molecule has 1 nitrogen and oxygen atoms in total. The van der Waals surface area contributed by atoms with E-state index in [2.05, 4.69) is 36.8 Å². The summed E-state index contributed by atoms with van der Waals surface area (Å²) in [4.78, 5) is 1.52. The van der Waals surface area contributed by atoms with Crippen LogP contribution in [0.15, 0.2) is 17.5 Å². The highest BCUT2D eigenvalue weighted by Gasteiger charge is 2.31. The molecule has 0 amide bonds. The van der Waals surface area contributed by atoms with Gasteiger partial charge in [-0.05, 0) is 36.8 Å². The summed E-state index contributed by atoms with van der Waals surface area (Å²) in [7, 11) is 2.12. The van der Waals surface area contributed by atoms with E-state index in [1.54, 1.807) is 0 Å². The molecule has 3 unspecified atom stereocenters. The van der Waals surface area contributed by atoms with Gasteiger partial charge < -0.3 is 5.32 Å². The Morgan fingerprint density at radius 3 is 2.88 bits per heavy atom. The Balaban J connectivity index is 2.13. The van der Waals surface area contributed by atoms with Crippen LogP contribution in [0.5, 0.6) is 0 Å². The molecule has 1 saturated carbocycles. The standard InChI is InChI=1S/C14H23NS/c1-3-11-7-4-5-8-12(11)14(15-2)13-9-6-10-16-13/h6,9-12,14-15H,3-5,7-8H2,1-2H3. The molecular formula is C14H23NS. The molecule has 1 aromatic heterocycles. The quantitative estimate of drug-likeness (QED) is 0.826. The molecule has 1 aromatic rings. The van der Waals surface area contributed by atoms with E-state index in [-0.39, 0.29) is 0 Å². The Kier molecular flexibility index (Phi) is 4.42. The van der Waals surface area contributed by atoms with Crippen LogP contribution in [0, 0.1) is 11.8 Å². The summed E-state index contributed by atoms with van der Waals surface area (Å²) in [5, 5.41) is 5.75. The van der Waals surface area contributed by atoms with E-state index in [1.165, 1.54) is 37.0 Å². The van der Waals surface area contributed by atoms with E-state index >= 15 is 0 Å². The van der Waals surface area contributed by atoms with Crippen LogP contribution in [0.25, 0.3) is 0 Å². The lowest BCUT2D eigenvalue weighted by Crippen LogP contribution is -2.32. The first-order valence-corrected chi connectivity index (χ1v) is 7.45. The molecule has 0 bridgehead atoms. The van der Waals surface area contributed by atoms with Gasteiger partial charge in [0, 0.05) is 10.9 Å². The minimum Gasteiger partial charge on any atom is -0.312 e. The normalized spacial score (nSPS) is 27.9. The maximum Gasteiger partial charge on any atom is 0.0443 e. The van der Waals surface area contributed by atoms with E-state index < -0.39 is 0 Å². The van der Waals surface area contributed by atoms with Crippen LogP contribution in [-0.4, -0.2) is 7.05 Å². The first-order chi connectivity index (χ1) is 7.86. The number of thiophene rings is 1. The molecule has 1 fully saturated rings. The molecule has 0 saturated heterocycles. The van der Waals surface area contributed by atoms with Crippen molar-refractivity contribution in [3.05, 3.63) is 22.4 Å². The lowest BCUT2D eigenvalue weighted by atomic mass is 9.73. The van der Waals surface area contributed by atoms with E-state index in [9.17, 15) is 0 Å². The van der Waals surface area contributed by atoms with E-state index in [4.69, 9.17) is 0 Å². The smallest absolute Gasteiger partial charge is 0.0443 e. The van der Waals surface area contributed by atoms with Crippen LogP contribution < -0.4 is 5.32 Å². The molecule has 1 N–H and O–H groups in total.